The lowest BCUT2D eigenvalue weighted by atomic mass is 10.8. The van der Waals surface area contributed by atoms with Crippen LogP contribution in [0.15, 0.2) is 0 Å². The normalized spacial score (nSPS) is 9.14. The zero-order valence-corrected chi connectivity index (χ0v) is 4.34. The fraction of sp³-hybridized carbons (Fsp3) is 0.667. The maximum atomic E-state index is 9.91. The Labute approximate surface area is 41.8 Å². The smallest absolute Gasteiger partial charge is 0.323 e. The minimum absolute atomic E-state index is 0.412. The van der Waals surface area contributed by atoms with Crippen molar-refractivity contribution in [1.29, 1.82) is 0 Å². The number of nitrogens with zero attached hydrogens (tertiary/aromatic N) is 1. The minimum Gasteiger partial charge on any atom is -0.354 e. The highest BCUT2D eigenvalue weighted by Gasteiger charge is 1.91. The van der Waals surface area contributed by atoms with Crippen molar-refractivity contribution in [2.75, 3.05) is 7.05 Å². The van der Waals surface area contributed by atoms with E-state index in [-0.39, 0.29) is 0 Å². The van der Waals surface area contributed by atoms with E-state index in [1.165, 1.54) is 14.0 Å². The van der Waals surface area contributed by atoms with Crippen molar-refractivity contribution >= 4 is 5.97 Å². The van der Waals surface area contributed by atoms with Crippen molar-refractivity contribution in [3.8, 4) is 0 Å². The van der Waals surface area contributed by atoms with Gasteiger partial charge < -0.3 is 4.84 Å². The van der Waals surface area contributed by atoms with Gasteiger partial charge in [-0.3, -0.25) is 4.79 Å². The summed E-state index contributed by atoms with van der Waals surface area (Å²) < 4.78 is 0. The molecule has 0 atom stereocenters. The largest absolute Gasteiger partial charge is 0.354 e. The van der Waals surface area contributed by atoms with Crippen LogP contribution in [-0.4, -0.2) is 18.2 Å². The molecule has 2 N–H and O–H groups in total. The SMILES string of the molecule is CC(=O)ON(C)N. The van der Waals surface area contributed by atoms with Gasteiger partial charge in [-0.05, 0) is 0 Å². The summed E-state index contributed by atoms with van der Waals surface area (Å²) in [5.41, 5.74) is 0. The van der Waals surface area contributed by atoms with Gasteiger partial charge in [-0.1, -0.05) is 5.17 Å². The number of carbonyl (C=O) groups excluding carboxylic acids is 1. The Morgan fingerprint density at radius 1 is 1.86 bits per heavy atom. The zero-order valence-electron chi connectivity index (χ0n) is 4.34. The molecule has 0 aliphatic carbocycles. The van der Waals surface area contributed by atoms with Crippen LogP contribution in [0.5, 0.6) is 0 Å². The second-order valence-corrected chi connectivity index (χ2v) is 1.13. The molecule has 0 unspecified atom stereocenters. The Hall–Kier alpha value is -0.610. The van der Waals surface area contributed by atoms with Gasteiger partial charge in [0.15, 0.2) is 0 Å². The molecule has 0 spiro atoms. The maximum absolute atomic E-state index is 9.91. The lowest BCUT2D eigenvalue weighted by Gasteiger charge is -2.04. The highest BCUT2D eigenvalue weighted by Crippen LogP contribution is 1.72. The zero-order chi connectivity index (χ0) is 5.86. The second kappa shape index (κ2) is 2.54. The molecule has 0 fully saturated rings. The van der Waals surface area contributed by atoms with Crippen molar-refractivity contribution in [2.24, 2.45) is 5.84 Å². The molecular formula is C3H8N2O2. The quantitative estimate of drug-likeness (QED) is 0.352. The van der Waals surface area contributed by atoms with Gasteiger partial charge in [0, 0.05) is 14.0 Å². The van der Waals surface area contributed by atoms with E-state index in [2.05, 4.69) is 4.84 Å². The molecule has 4 nitrogen and oxygen atoms in total. The van der Waals surface area contributed by atoms with Gasteiger partial charge in [0.25, 0.3) is 0 Å². The summed E-state index contributed by atoms with van der Waals surface area (Å²) in [4.78, 5) is 14.1. The van der Waals surface area contributed by atoms with E-state index in [4.69, 9.17) is 5.84 Å². The van der Waals surface area contributed by atoms with Gasteiger partial charge in [-0.2, -0.15) is 0 Å². The first kappa shape index (κ1) is 6.39. The monoisotopic (exact) mass is 104 g/mol. The van der Waals surface area contributed by atoms with Crippen LogP contribution in [-0.2, 0) is 9.63 Å². The number of carbonyl (C=O) groups is 1. The van der Waals surface area contributed by atoms with Gasteiger partial charge >= 0.3 is 5.97 Å². The average molecular weight is 104 g/mol. The van der Waals surface area contributed by atoms with Crippen molar-refractivity contribution in [1.82, 2.24) is 5.17 Å². The second-order valence-electron chi connectivity index (χ2n) is 1.13. The van der Waals surface area contributed by atoms with Crippen LogP contribution in [0.1, 0.15) is 6.92 Å². The van der Waals surface area contributed by atoms with Gasteiger partial charge in [0.1, 0.15) is 0 Å². The molecule has 0 amide bonds. The standard InChI is InChI=1S/C3H8N2O2/c1-3(6)7-5(2)4/h4H2,1-2H3. The van der Waals surface area contributed by atoms with Crippen molar-refractivity contribution in [3.63, 3.8) is 0 Å². The van der Waals surface area contributed by atoms with Crippen LogP contribution >= 0.6 is 0 Å². The van der Waals surface area contributed by atoms with Crippen molar-refractivity contribution in [2.45, 2.75) is 6.92 Å². The first-order valence-electron chi connectivity index (χ1n) is 1.80. The number of hydroxylamine groups is 1. The van der Waals surface area contributed by atoms with Crippen LogP contribution < -0.4 is 5.84 Å². The topological polar surface area (TPSA) is 55.6 Å². The van der Waals surface area contributed by atoms with Crippen LogP contribution in [0, 0.1) is 0 Å². The molecule has 0 aromatic carbocycles. The molecular weight excluding hydrogens is 96.0 g/mol. The van der Waals surface area contributed by atoms with Crippen LogP contribution in [0.2, 0.25) is 0 Å². The first-order chi connectivity index (χ1) is 3.13. The van der Waals surface area contributed by atoms with Crippen molar-refractivity contribution in [3.05, 3.63) is 0 Å². The molecule has 0 aromatic rings. The third-order valence-corrected chi connectivity index (χ3v) is 0.273. The molecule has 42 valence electrons. The fourth-order valence-electron chi connectivity index (χ4n) is 0.203. The van der Waals surface area contributed by atoms with E-state index in [1.54, 1.807) is 0 Å². The molecule has 0 aliphatic heterocycles. The maximum Gasteiger partial charge on any atom is 0.323 e. The van der Waals surface area contributed by atoms with Crippen LogP contribution in [0.25, 0.3) is 0 Å². The van der Waals surface area contributed by atoms with Gasteiger partial charge in [0.05, 0.1) is 0 Å². The van der Waals surface area contributed by atoms with E-state index in [0.717, 1.165) is 5.17 Å². The predicted molar refractivity (Wildman–Crippen MR) is 23.7 cm³/mol. The van der Waals surface area contributed by atoms with E-state index >= 15 is 0 Å². The summed E-state index contributed by atoms with van der Waals surface area (Å²) in [5, 5.41) is 0.850. The predicted octanol–water partition coefficient (Wildman–Crippen LogP) is -0.730. The van der Waals surface area contributed by atoms with E-state index in [1.807, 2.05) is 0 Å². The summed E-state index contributed by atoms with van der Waals surface area (Å²) in [6.07, 6.45) is 0. The third-order valence-electron chi connectivity index (χ3n) is 0.273. The number of hydrogen-bond acceptors (Lipinski definition) is 4. The minimum atomic E-state index is -0.412. The molecule has 0 rings (SSSR count). The van der Waals surface area contributed by atoms with Gasteiger partial charge in [-0.15, -0.1) is 0 Å². The Balaban J connectivity index is 3.13. The Bertz CT molecular complexity index is 71.3. The average Bonchev–Trinajstić information content (AvgIpc) is 1.27. The fourth-order valence-corrected chi connectivity index (χ4v) is 0.203. The summed E-state index contributed by atoms with van der Waals surface area (Å²) in [6, 6.07) is 0. The first-order valence-corrected chi connectivity index (χ1v) is 1.80. The Morgan fingerprint density at radius 3 is 2.29 bits per heavy atom. The Kier molecular flexibility index (Phi) is 2.32. The number of nitrogens with two attached hydrogens (primary N) is 1. The Morgan fingerprint density at radius 2 is 2.29 bits per heavy atom. The molecule has 0 bridgehead atoms. The number of hydrazine groups is 1. The molecule has 4 heteroatoms. The van der Waals surface area contributed by atoms with Crippen molar-refractivity contribution < 1.29 is 9.63 Å². The molecule has 0 aliphatic rings. The van der Waals surface area contributed by atoms with Crippen LogP contribution in [0.4, 0.5) is 0 Å². The van der Waals surface area contributed by atoms with E-state index in [0.29, 0.717) is 0 Å². The summed E-state index contributed by atoms with van der Waals surface area (Å²) in [6.45, 7) is 1.28. The van der Waals surface area contributed by atoms with Gasteiger partial charge in [-0.25, -0.2) is 5.84 Å². The highest BCUT2D eigenvalue weighted by atomic mass is 16.7. The summed E-state index contributed by atoms with van der Waals surface area (Å²) in [5.74, 6) is 4.47. The molecule has 7 heavy (non-hydrogen) atoms. The van der Waals surface area contributed by atoms with Crippen LogP contribution in [0.3, 0.4) is 0 Å². The molecule has 0 saturated carbocycles. The van der Waals surface area contributed by atoms with E-state index < -0.39 is 5.97 Å². The lowest BCUT2D eigenvalue weighted by Crippen LogP contribution is -2.28. The number of hydrogen-bond donors (Lipinski definition) is 1. The summed E-state index contributed by atoms with van der Waals surface area (Å²) >= 11 is 0. The lowest BCUT2D eigenvalue weighted by molar-refractivity contribution is -0.182. The third kappa shape index (κ3) is 5.39. The van der Waals surface area contributed by atoms with Gasteiger partial charge in [0.2, 0.25) is 0 Å². The number of rotatable bonds is 1. The molecule has 0 heterocycles. The summed E-state index contributed by atoms with van der Waals surface area (Å²) in [7, 11) is 1.43. The highest BCUT2D eigenvalue weighted by molar-refractivity contribution is 5.65. The van der Waals surface area contributed by atoms with E-state index in [9.17, 15) is 4.79 Å². The molecule has 0 saturated heterocycles. The molecule has 0 aromatic heterocycles. The molecule has 0 radical (unpaired) electrons.